The molecule has 0 aliphatic carbocycles. The number of halogens is 3. The molecule has 3 rings (SSSR count). The number of benzene rings is 1. The normalized spacial score (nSPS) is 16.0. The molecule has 28 heavy (non-hydrogen) atoms. The molecule has 0 N–H and O–H groups in total. The minimum Gasteiger partial charge on any atom is -0.406 e. The molecular weight excluding hydrogens is 399 g/mol. The third-order valence-corrected chi connectivity index (χ3v) is 6.02. The maximum absolute atomic E-state index is 12.6. The molecule has 1 aliphatic rings. The van der Waals surface area contributed by atoms with Crippen LogP contribution in [0.15, 0.2) is 53.7 Å². The van der Waals surface area contributed by atoms with Gasteiger partial charge in [-0.15, -0.1) is 13.2 Å². The van der Waals surface area contributed by atoms with Gasteiger partial charge >= 0.3 is 6.36 Å². The Labute approximate surface area is 159 Å². The van der Waals surface area contributed by atoms with Gasteiger partial charge < -0.3 is 9.64 Å². The fourth-order valence-corrected chi connectivity index (χ4v) is 4.15. The van der Waals surface area contributed by atoms with Crippen LogP contribution in [0.4, 0.5) is 13.2 Å². The van der Waals surface area contributed by atoms with Crippen molar-refractivity contribution in [2.75, 3.05) is 26.2 Å². The van der Waals surface area contributed by atoms with Crippen molar-refractivity contribution in [1.82, 2.24) is 14.2 Å². The van der Waals surface area contributed by atoms with E-state index in [1.54, 1.807) is 0 Å². The molecule has 2 aromatic rings. The highest BCUT2D eigenvalue weighted by atomic mass is 32.2. The van der Waals surface area contributed by atoms with Gasteiger partial charge in [0.1, 0.15) is 10.6 Å². The Balaban J connectivity index is 1.62. The molecule has 0 bridgehead atoms. The van der Waals surface area contributed by atoms with Crippen molar-refractivity contribution < 1.29 is 31.1 Å². The first kappa shape index (κ1) is 20.1. The van der Waals surface area contributed by atoms with Crippen LogP contribution in [0.1, 0.15) is 10.4 Å². The van der Waals surface area contributed by atoms with E-state index in [9.17, 15) is 26.4 Å². The number of rotatable bonds is 4. The third-order valence-electron chi connectivity index (χ3n) is 4.13. The quantitative estimate of drug-likeness (QED) is 0.764. The fraction of sp³-hybridized carbons (Fsp3) is 0.294. The molecule has 1 amide bonds. The standard InChI is InChI=1S/C17H16F3N3O4S/c18-17(19,20)27-14-5-3-13(4-6-14)16(24)22-8-10-23(11-9-22)28(25,26)15-2-1-7-21-12-15/h1-7,12H,8-11H2. The summed E-state index contributed by atoms with van der Waals surface area (Å²) < 4.78 is 66.7. The summed E-state index contributed by atoms with van der Waals surface area (Å²) in [6, 6.07) is 7.57. The number of aromatic nitrogens is 1. The van der Waals surface area contributed by atoms with Crippen LogP contribution in [0.3, 0.4) is 0 Å². The van der Waals surface area contributed by atoms with Crippen LogP contribution in [-0.2, 0) is 10.0 Å². The molecule has 1 aromatic carbocycles. The molecule has 0 unspecified atom stereocenters. The average Bonchev–Trinajstić information content (AvgIpc) is 2.67. The molecule has 2 heterocycles. The van der Waals surface area contributed by atoms with Crippen molar-refractivity contribution in [2.45, 2.75) is 11.3 Å². The van der Waals surface area contributed by atoms with Crippen LogP contribution in [0.2, 0.25) is 0 Å². The maximum Gasteiger partial charge on any atom is 0.573 e. The second kappa shape index (κ2) is 7.76. The van der Waals surface area contributed by atoms with Crippen LogP contribution < -0.4 is 4.74 Å². The second-order valence-corrected chi connectivity index (χ2v) is 7.90. The van der Waals surface area contributed by atoms with E-state index in [4.69, 9.17) is 0 Å². The number of alkyl halides is 3. The smallest absolute Gasteiger partial charge is 0.406 e. The number of piperazine rings is 1. The van der Waals surface area contributed by atoms with E-state index in [0.717, 1.165) is 12.1 Å². The first-order valence-corrected chi connectivity index (χ1v) is 9.66. The Bertz CT molecular complexity index is 926. The van der Waals surface area contributed by atoms with Gasteiger partial charge in [0, 0.05) is 44.1 Å². The lowest BCUT2D eigenvalue weighted by Gasteiger charge is -2.34. The number of nitrogens with zero attached hydrogens (tertiary/aromatic N) is 3. The third kappa shape index (κ3) is 4.60. The Morgan fingerprint density at radius 3 is 2.21 bits per heavy atom. The zero-order valence-corrected chi connectivity index (χ0v) is 15.3. The first-order chi connectivity index (χ1) is 13.2. The minimum atomic E-state index is -4.80. The topological polar surface area (TPSA) is 79.8 Å². The van der Waals surface area contributed by atoms with Gasteiger partial charge in [-0.3, -0.25) is 9.78 Å². The first-order valence-electron chi connectivity index (χ1n) is 8.22. The van der Waals surface area contributed by atoms with Gasteiger partial charge in [0.05, 0.1) is 0 Å². The van der Waals surface area contributed by atoms with Crippen molar-refractivity contribution in [3.8, 4) is 5.75 Å². The Hall–Kier alpha value is -2.66. The SMILES string of the molecule is O=C(c1ccc(OC(F)(F)F)cc1)N1CCN(S(=O)(=O)c2cccnc2)CC1. The van der Waals surface area contributed by atoms with Crippen LogP contribution >= 0.6 is 0 Å². The molecule has 11 heteroatoms. The predicted octanol–water partition coefficient (Wildman–Crippen LogP) is 2.13. The van der Waals surface area contributed by atoms with Crippen LogP contribution in [0, 0.1) is 0 Å². The van der Waals surface area contributed by atoms with Gasteiger partial charge in [-0.05, 0) is 36.4 Å². The van der Waals surface area contributed by atoms with Crippen molar-refractivity contribution in [2.24, 2.45) is 0 Å². The van der Waals surface area contributed by atoms with Crippen molar-refractivity contribution in [3.05, 3.63) is 54.4 Å². The van der Waals surface area contributed by atoms with Gasteiger partial charge in [0.2, 0.25) is 10.0 Å². The van der Waals surface area contributed by atoms with E-state index >= 15 is 0 Å². The van der Waals surface area contributed by atoms with E-state index in [2.05, 4.69) is 9.72 Å². The van der Waals surface area contributed by atoms with Gasteiger partial charge in [0.25, 0.3) is 5.91 Å². The molecule has 0 saturated carbocycles. The lowest BCUT2D eigenvalue weighted by molar-refractivity contribution is -0.274. The van der Waals surface area contributed by atoms with E-state index in [0.29, 0.717) is 0 Å². The molecule has 7 nitrogen and oxygen atoms in total. The highest BCUT2D eigenvalue weighted by Crippen LogP contribution is 2.23. The number of carbonyl (C=O) groups excluding carboxylic acids is 1. The lowest BCUT2D eigenvalue weighted by atomic mass is 10.2. The molecule has 0 radical (unpaired) electrons. The summed E-state index contributed by atoms with van der Waals surface area (Å²) in [5, 5.41) is 0. The minimum absolute atomic E-state index is 0.0787. The van der Waals surface area contributed by atoms with Gasteiger partial charge in [-0.1, -0.05) is 0 Å². The van der Waals surface area contributed by atoms with Crippen LogP contribution in [-0.4, -0.2) is 61.1 Å². The summed E-state index contributed by atoms with van der Waals surface area (Å²) in [5.41, 5.74) is 0.193. The highest BCUT2D eigenvalue weighted by Gasteiger charge is 2.32. The summed E-state index contributed by atoms with van der Waals surface area (Å²) in [5.74, 6) is -0.812. The zero-order valence-electron chi connectivity index (χ0n) is 14.5. The molecule has 0 spiro atoms. The van der Waals surface area contributed by atoms with Crippen molar-refractivity contribution in [1.29, 1.82) is 0 Å². The average molecular weight is 415 g/mol. The number of sulfonamides is 1. The number of pyridine rings is 1. The molecule has 1 aromatic heterocycles. The molecule has 1 saturated heterocycles. The largest absolute Gasteiger partial charge is 0.573 e. The monoisotopic (exact) mass is 415 g/mol. The molecule has 0 atom stereocenters. The number of carbonyl (C=O) groups is 1. The van der Waals surface area contributed by atoms with Crippen molar-refractivity contribution >= 4 is 15.9 Å². The summed E-state index contributed by atoms with van der Waals surface area (Å²) in [4.78, 5) is 17.8. The van der Waals surface area contributed by atoms with E-state index in [1.807, 2.05) is 0 Å². The summed E-state index contributed by atoms with van der Waals surface area (Å²) in [6.07, 6.45) is -2.07. The Kier molecular flexibility index (Phi) is 5.57. The Morgan fingerprint density at radius 2 is 1.68 bits per heavy atom. The second-order valence-electron chi connectivity index (χ2n) is 5.96. The highest BCUT2D eigenvalue weighted by molar-refractivity contribution is 7.89. The van der Waals surface area contributed by atoms with Crippen molar-refractivity contribution in [3.63, 3.8) is 0 Å². The summed E-state index contributed by atoms with van der Waals surface area (Å²) >= 11 is 0. The number of amides is 1. The zero-order chi connectivity index (χ0) is 20.4. The lowest BCUT2D eigenvalue weighted by Crippen LogP contribution is -2.50. The van der Waals surface area contributed by atoms with Gasteiger partial charge in [-0.2, -0.15) is 4.31 Å². The van der Waals surface area contributed by atoms with E-state index in [-0.39, 0.29) is 36.6 Å². The maximum atomic E-state index is 12.6. The molecule has 150 valence electrons. The summed E-state index contributed by atoms with van der Waals surface area (Å²) in [7, 11) is -3.69. The number of ether oxygens (including phenoxy) is 1. The molecular formula is C17H16F3N3O4S. The molecule has 1 fully saturated rings. The molecule has 1 aliphatic heterocycles. The van der Waals surface area contributed by atoms with E-state index in [1.165, 1.54) is 45.9 Å². The van der Waals surface area contributed by atoms with E-state index < -0.39 is 28.0 Å². The van der Waals surface area contributed by atoms with Gasteiger partial charge in [-0.25, -0.2) is 8.42 Å². The van der Waals surface area contributed by atoms with Crippen LogP contribution in [0.25, 0.3) is 0 Å². The fourth-order valence-electron chi connectivity index (χ4n) is 2.76. The van der Waals surface area contributed by atoms with Gasteiger partial charge in [0.15, 0.2) is 0 Å². The van der Waals surface area contributed by atoms with Crippen LogP contribution in [0.5, 0.6) is 5.75 Å². The predicted molar refractivity (Wildman–Crippen MR) is 92.0 cm³/mol. The number of hydrogen-bond acceptors (Lipinski definition) is 5. The summed E-state index contributed by atoms with van der Waals surface area (Å²) in [6.45, 7) is 0.550. The Morgan fingerprint density at radius 1 is 1.04 bits per heavy atom. The number of hydrogen-bond donors (Lipinski definition) is 0.